The number of amides is 1. The molecule has 0 bridgehead atoms. The number of anilines is 1. The lowest BCUT2D eigenvalue weighted by Gasteiger charge is -2.16. The van der Waals surface area contributed by atoms with Crippen molar-refractivity contribution in [1.29, 1.82) is 0 Å². The van der Waals surface area contributed by atoms with E-state index in [1.54, 1.807) is 12.3 Å². The van der Waals surface area contributed by atoms with Crippen molar-refractivity contribution in [3.05, 3.63) is 46.7 Å². The molecule has 0 radical (unpaired) electrons. The van der Waals surface area contributed by atoms with Gasteiger partial charge in [0.1, 0.15) is 5.82 Å². The second-order valence-corrected chi connectivity index (χ2v) is 6.45. The van der Waals surface area contributed by atoms with Crippen LogP contribution in [0, 0.1) is 11.7 Å². The predicted octanol–water partition coefficient (Wildman–Crippen LogP) is 3.18. The molecule has 2 unspecified atom stereocenters. The van der Waals surface area contributed by atoms with Crippen molar-refractivity contribution in [3.8, 4) is 0 Å². The monoisotopic (exact) mass is 321 g/mol. The summed E-state index contributed by atoms with van der Waals surface area (Å²) in [5.74, 6) is -0.359. The normalized spacial score (nSPS) is 13.6. The van der Waals surface area contributed by atoms with Crippen LogP contribution in [0.4, 0.5) is 9.52 Å². The van der Waals surface area contributed by atoms with Gasteiger partial charge in [-0.15, -0.1) is 11.3 Å². The molecule has 1 aromatic heterocycles. The molecule has 1 amide bonds. The number of nitrogens with one attached hydrogen (secondary N) is 1. The van der Waals surface area contributed by atoms with Crippen LogP contribution in [-0.4, -0.2) is 16.9 Å². The van der Waals surface area contributed by atoms with Crippen LogP contribution in [0.5, 0.6) is 0 Å². The smallest absolute Gasteiger partial charge is 0.243 e. The molecule has 0 fully saturated rings. The van der Waals surface area contributed by atoms with Gasteiger partial charge in [0.2, 0.25) is 5.91 Å². The van der Waals surface area contributed by atoms with Gasteiger partial charge >= 0.3 is 0 Å². The van der Waals surface area contributed by atoms with Crippen LogP contribution >= 0.6 is 11.3 Å². The summed E-state index contributed by atoms with van der Waals surface area (Å²) in [5, 5.41) is 3.27. The van der Waals surface area contributed by atoms with Gasteiger partial charge in [-0.05, 0) is 23.6 Å². The van der Waals surface area contributed by atoms with Crippen molar-refractivity contribution in [1.82, 2.24) is 4.98 Å². The highest BCUT2D eigenvalue weighted by molar-refractivity contribution is 7.15. The van der Waals surface area contributed by atoms with E-state index in [4.69, 9.17) is 5.73 Å². The second kappa shape index (κ2) is 7.47. The number of rotatable bonds is 6. The molecule has 118 valence electrons. The van der Waals surface area contributed by atoms with Gasteiger partial charge in [-0.3, -0.25) is 4.79 Å². The number of aromatic nitrogens is 1. The van der Waals surface area contributed by atoms with E-state index in [9.17, 15) is 9.18 Å². The van der Waals surface area contributed by atoms with E-state index in [1.807, 2.05) is 19.9 Å². The van der Waals surface area contributed by atoms with Crippen molar-refractivity contribution in [2.45, 2.75) is 32.7 Å². The third-order valence-corrected chi connectivity index (χ3v) is 4.52. The minimum Gasteiger partial charge on any atom is -0.320 e. The zero-order valence-corrected chi connectivity index (χ0v) is 13.5. The second-order valence-electron chi connectivity index (χ2n) is 5.34. The molecule has 2 atom stereocenters. The van der Waals surface area contributed by atoms with Gasteiger partial charge in [-0.1, -0.05) is 32.4 Å². The summed E-state index contributed by atoms with van der Waals surface area (Å²) in [6, 6.07) is 5.91. The molecular formula is C16H20FN3OS. The number of carbonyl (C=O) groups excluding carboxylic acids is 1. The summed E-state index contributed by atoms with van der Waals surface area (Å²) in [4.78, 5) is 17.1. The first-order chi connectivity index (χ1) is 10.5. The molecule has 2 aromatic rings. The summed E-state index contributed by atoms with van der Waals surface area (Å²) in [5.41, 5.74) is 6.76. The maximum Gasteiger partial charge on any atom is 0.243 e. The van der Waals surface area contributed by atoms with Gasteiger partial charge in [0, 0.05) is 17.5 Å². The first kappa shape index (κ1) is 16.6. The van der Waals surface area contributed by atoms with Crippen LogP contribution in [0.1, 0.15) is 30.7 Å². The number of benzene rings is 1. The summed E-state index contributed by atoms with van der Waals surface area (Å²) in [6.45, 7) is 3.94. The Labute approximate surface area is 133 Å². The molecule has 0 saturated heterocycles. The van der Waals surface area contributed by atoms with Gasteiger partial charge < -0.3 is 11.1 Å². The van der Waals surface area contributed by atoms with Gasteiger partial charge in [-0.25, -0.2) is 9.37 Å². The zero-order chi connectivity index (χ0) is 16.1. The minimum absolute atomic E-state index is 0.117. The molecule has 0 aliphatic carbocycles. The van der Waals surface area contributed by atoms with Crippen LogP contribution < -0.4 is 11.1 Å². The Morgan fingerprint density at radius 2 is 2.27 bits per heavy atom. The fourth-order valence-electron chi connectivity index (χ4n) is 2.00. The highest BCUT2D eigenvalue weighted by Gasteiger charge is 2.20. The lowest BCUT2D eigenvalue weighted by molar-refractivity contribution is -0.118. The van der Waals surface area contributed by atoms with Crippen molar-refractivity contribution in [3.63, 3.8) is 0 Å². The Bertz CT molecular complexity index is 644. The fraction of sp³-hybridized carbons (Fsp3) is 0.375. The number of nitrogens with zero attached hydrogens (tertiary/aromatic N) is 1. The maximum absolute atomic E-state index is 13.2. The third-order valence-electron chi connectivity index (χ3n) is 3.61. The predicted molar refractivity (Wildman–Crippen MR) is 87.4 cm³/mol. The first-order valence-corrected chi connectivity index (χ1v) is 8.06. The Balaban J connectivity index is 1.98. The lowest BCUT2D eigenvalue weighted by atomic mass is 10.00. The van der Waals surface area contributed by atoms with Crippen molar-refractivity contribution < 1.29 is 9.18 Å². The van der Waals surface area contributed by atoms with Gasteiger partial charge in [-0.2, -0.15) is 0 Å². The fourth-order valence-corrected chi connectivity index (χ4v) is 2.85. The van der Waals surface area contributed by atoms with Crippen LogP contribution in [-0.2, 0) is 11.2 Å². The average Bonchev–Trinajstić information content (AvgIpc) is 2.92. The Morgan fingerprint density at radius 1 is 1.50 bits per heavy atom. The number of hydrogen-bond acceptors (Lipinski definition) is 4. The molecule has 1 heterocycles. The molecule has 0 aliphatic rings. The van der Waals surface area contributed by atoms with E-state index in [0.29, 0.717) is 11.6 Å². The van der Waals surface area contributed by atoms with E-state index >= 15 is 0 Å². The minimum atomic E-state index is -0.541. The SMILES string of the molecule is CCC(C)C(N)C(=O)Nc1ncc(Cc2cccc(F)c2)s1. The molecule has 2 rings (SSSR count). The van der Waals surface area contributed by atoms with E-state index in [2.05, 4.69) is 10.3 Å². The molecule has 0 aliphatic heterocycles. The molecule has 3 N–H and O–H groups in total. The Morgan fingerprint density at radius 3 is 2.95 bits per heavy atom. The summed E-state index contributed by atoms with van der Waals surface area (Å²) < 4.78 is 13.2. The average molecular weight is 321 g/mol. The molecule has 6 heteroatoms. The standard InChI is InChI=1S/C16H20FN3OS/c1-3-10(2)14(18)15(21)20-16-19-9-13(22-16)8-11-5-4-6-12(17)7-11/h4-7,9-10,14H,3,8,18H2,1-2H3,(H,19,20,21). The zero-order valence-electron chi connectivity index (χ0n) is 12.7. The van der Waals surface area contributed by atoms with Gasteiger partial charge in [0.15, 0.2) is 5.13 Å². The van der Waals surface area contributed by atoms with Crippen molar-refractivity contribution in [2.24, 2.45) is 11.7 Å². The Hall–Kier alpha value is -1.79. The molecule has 1 aromatic carbocycles. The number of hydrogen-bond donors (Lipinski definition) is 2. The van der Waals surface area contributed by atoms with Crippen LogP contribution in [0.25, 0.3) is 0 Å². The van der Waals surface area contributed by atoms with Crippen LogP contribution in [0.15, 0.2) is 30.5 Å². The van der Waals surface area contributed by atoms with Crippen LogP contribution in [0.2, 0.25) is 0 Å². The topological polar surface area (TPSA) is 68.0 Å². The van der Waals surface area contributed by atoms with E-state index in [0.717, 1.165) is 16.9 Å². The molecule has 0 spiro atoms. The van der Waals surface area contributed by atoms with Gasteiger partial charge in [0.05, 0.1) is 6.04 Å². The molecule has 4 nitrogen and oxygen atoms in total. The third kappa shape index (κ3) is 4.35. The van der Waals surface area contributed by atoms with Crippen molar-refractivity contribution >= 4 is 22.4 Å². The lowest BCUT2D eigenvalue weighted by Crippen LogP contribution is -2.40. The Kier molecular flexibility index (Phi) is 5.63. The number of halogens is 1. The summed E-state index contributed by atoms with van der Waals surface area (Å²) >= 11 is 1.38. The largest absolute Gasteiger partial charge is 0.320 e. The number of carbonyl (C=O) groups is 1. The van der Waals surface area contributed by atoms with Crippen LogP contribution in [0.3, 0.4) is 0 Å². The van der Waals surface area contributed by atoms with E-state index in [-0.39, 0.29) is 17.6 Å². The van der Waals surface area contributed by atoms with Crippen molar-refractivity contribution in [2.75, 3.05) is 5.32 Å². The quantitative estimate of drug-likeness (QED) is 0.858. The molecule has 0 saturated carbocycles. The van der Waals surface area contributed by atoms with E-state index < -0.39 is 6.04 Å². The first-order valence-electron chi connectivity index (χ1n) is 7.25. The molecular weight excluding hydrogens is 301 g/mol. The molecule has 22 heavy (non-hydrogen) atoms. The summed E-state index contributed by atoms with van der Waals surface area (Å²) in [6.07, 6.45) is 3.12. The number of thiazole rings is 1. The number of nitrogens with two attached hydrogens (primary N) is 1. The summed E-state index contributed by atoms with van der Waals surface area (Å²) in [7, 11) is 0. The highest BCUT2D eigenvalue weighted by Crippen LogP contribution is 2.22. The van der Waals surface area contributed by atoms with Gasteiger partial charge in [0.25, 0.3) is 0 Å². The highest BCUT2D eigenvalue weighted by atomic mass is 32.1. The maximum atomic E-state index is 13.2. The van der Waals surface area contributed by atoms with E-state index in [1.165, 1.54) is 23.5 Å².